The van der Waals surface area contributed by atoms with E-state index in [1.54, 1.807) is 6.07 Å². The molecule has 0 atom stereocenters. The van der Waals surface area contributed by atoms with Gasteiger partial charge in [0.15, 0.2) is 0 Å². The molecule has 0 bridgehead atoms. The lowest BCUT2D eigenvalue weighted by atomic mass is 9.84. The van der Waals surface area contributed by atoms with Crippen LogP contribution in [0.3, 0.4) is 0 Å². The molecule has 3 heterocycles. The Morgan fingerprint density at radius 1 is 1.15 bits per heavy atom. The molecule has 33 heavy (non-hydrogen) atoms. The van der Waals surface area contributed by atoms with Gasteiger partial charge in [0.1, 0.15) is 11.6 Å². The van der Waals surface area contributed by atoms with Crippen LogP contribution in [0.2, 0.25) is 0 Å². The molecular weight excluding hydrogens is 433 g/mol. The van der Waals surface area contributed by atoms with E-state index < -0.39 is 11.7 Å². The Morgan fingerprint density at radius 2 is 1.88 bits per heavy atom. The first-order chi connectivity index (χ1) is 15.7. The molecule has 0 unspecified atom stereocenters. The molecule has 176 valence electrons. The van der Waals surface area contributed by atoms with Gasteiger partial charge in [-0.3, -0.25) is 4.79 Å². The number of benzene rings is 1. The van der Waals surface area contributed by atoms with Crippen LogP contribution < -0.4 is 0 Å². The molecule has 2 fully saturated rings. The number of carbonyl (C=O) groups is 1. The third-order valence-corrected chi connectivity index (χ3v) is 7.21. The highest BCUT2D eigenvalue weighted by Gasteiger charge is 2.34. The van der Waals surface area contributed by atoms with Crippen LogP contribution in [-0.4, -0.2) is 38.6 Å². The second-order valence-corrected chi connectivity index (χ2v) is 9.26. The number of hydrogen-bond donors (Lipinski definition) is 0. The molecule has 1 saturated carbocycles. The second-order valence-electron chi connectivity index (χ2n) is 9.26. The van der Waals surface area contributed by atoms with Crippen LogP contribution >= 0.6 is 0 Å². The average Bonchev–Trinajstić information content (AvgIpc) is 3.26. The second kappa shape index (κ2) is 8.18. The Morgan fingerprint density at radius 3 is 2.45 bits per heavy atom. The fraction of sp³-hybridized carbons (Fsp3) is 0.542. The van der Waals surface area contributed by atoms with Crippen molar-refractivity contribution in [2.45, 2.75) is 70.5 Å². The minimum Gasteiger partial charge on any atom is -0.361 e. The molecule has 2 aliphatic rings. The minimum atomic E-state index is -4.39. The summed E-state index contributed by atoms with van der Waals surface area (Å²) in [6, 6.07) is 3.98. The Bertz CT molecular complexity index is 1160. The van der Waals surface area contributed by atoms with Crippen LogP contribution in [0.1, 0.15) is 72.5 Å². The number of aryl methyl sites for hydroxylation is 2. The van der Waals surface area contributed by atoms with E-state index in [-0.39, 0.29) is 18.4 Å². The van der Waals surface area contributed by atoms with Crippen LogP contribution in [0.15, 0.2) is 22.7 Å². The van der Waals surface area contributed by atoms with Crippen LogP contribution in [0.25, 0.3) is 11.0 Å². The molecule has 0 radical (unpaired) electrons. The van der Waals surface area contributed by atoms with E-state index in [2.05, 4.69) is 14.7 Å². The van der Waals surface area contributed by atoms with Crippen molar-refractivity contribution < 1.29 is 22.5 Å². The lowest BCUT2D eigenvalue weighted by Gasteiger charge is -2.35. The van der Waals surface area contributed by atoms with Gasteiger partial charge in [0.05, 0.1) is 28.7 Å². The number of aromatic nitrogens is 3. The van der Waals surface area contributed by atoms with E-state index in [1.807, 2.05) is 18.7 Å². The van der Waals surface area contributed by atoms with Crippen LogP contribution in [0.5, 0.6) is 0 Å². The zero-order valence-corrected chi connectivity index (χ0v) is 18.8. The SMILES string of the molecule is Cc1noc(C)c1CC(=O)N1CCC(n2c(C3CCC3)nc3cc(C(F)(F)F)ccc32)CC1. The normalized spacial score (nSPS) is 18.2. The number of halogens is 3. The van der Waals surface area contributed by atoms with Gasteiger partial charge in [-0.25, -0.2) is 4.98 Å². The van der Waals surface area contributed by atoms with Crippen molar-refractivity contribution in [3.8, 4) is 0 Å². The topological polar surface area (TPSA) is 64.2 Å². The highest BCUT2D eigenvalue weighted by molar-refractivity contribution is 5.79. The van der Waals surface area contributed by atoms with Gasteiger partial charge in [0.25, 0.3) is 0 Å². The van der Waals surface area contributed by atoms with Crippen LogP contribution in [-0.2, 0) is 17.4 Å². The molecule has 9 heteroatoms. The molecule has 0 spiro atoms. The maximum absolute atomic E-state index is 13.2. The van der Waals surface area contributed by atoms with Crippen molar-refractivity contribution in [1.29, 1.82) is 0 Å². The molecule has 1 aromatic carbocycles. The first-order valence-electron chi connectivity index (χ1n) is 11.5. The summed E-state index contributed by atoms with van der Waals surface area (Å²) >= 11 is 0. The van der Waals surface area contributed by atoms with E-state index in [4.69, 9.17) is 4.52 Å². The number of fused-ring (bicyclic) bond motifs is 1. The molecule has 2 aromatic heterocycles. The maximum Gasteiger partial charge on any atom is 0.416 e. The molecule has 1 aliphatic carbocycles. The average molecular weight is 461 g/mol. The van der Waals surface area contributed by atoms with E-state index in [1.165, 1.54) is 0 Å². The first kappa shape index (κ1) is 22.0. The van der Waals surface area contributed by atoms with Gasteiger partial charge in [0.2, 0.25) is 5.91 Å². The third-order valence-electron chi connectivity index (χ3n) is 7.21. The molecule has 5 rings (SSSR count). The van der Waals surface area contributed by atoms with Gasteiger partial charge in [-0.2, -0.15) is 13.2 Å². The molecule has 3 aromatic rings. The van der Waals surface area contributed by atoms with Crippen molar-refractivity contribution in [3.63, 3.8) is 0 Å². The zero-order chi connectivity index (χ0) is 23.3. The predicted octanol–water partition coefficient (Wildman–Crippen LogP) is 5.33. The number of piperidine rings is 1. The summed E-state index contributed by atoms with van der Waals surface area (Å²) in [6.07, 6.45) is 0.540. The standard InChI is InChI=1S/C24H27F3N4O2/c1-14-19(15(2)33-29-14)13-22(32)30-10-8-18(9-11-30)31-21-7-6-17(24(25,26)27)12-20(21)28-23(31)16-4-3-5-16/h6-7,12,16,18H,3-5,8-11,13H2,1-2H3. The maximum atomic E-state index is 13.2. The molecule has 1 aliphatic heterocycles. The number of hydrogen-bond acceptors (Lipinski definition) is 4. The molecule has 0 N–H and O–H groups in total. The fourth-order valence-corrected chi connectivity index (χ4v) is 5.02. The molecule has 1 amide bonds. The van der Waals surface area contributed by atoms with E-state index in [0.29, 0.717) is 30.3 Å². The summed E-state index contributed by atoms with van der Waals surface area (Å²) in [7, 11) is 0. The van der Waals surface area contributed by atoms with Gasteiger partial charge in [-0.05, 0) is 57.7 Å². The van der Waals surface area contributed by atoms with Crippen LogP contribution in [0.4, 0.5) is 13.2 Å². The Labute approximate surface area is 189 Å². The summed E-state index contributed by atoms with van der Waals surface area (Å²) in [6.45, 7) is 4.86. The minimum absolute atomic E-state index is 0.0485. The van der Waals surface area contributed by atoms with Gasteiger partial charge >= 0.3 is 6.18 Å². The largest absolute Gasteiger partial charge is 0.416 e. The smallest absolute Gasteiger partial charge is 0.361 e. The number of likely N-dealkylation sites (tertiary alicyclic amines) is 1. The fourth-order valence-electron chi connectivity index (χ4n) is 5.02. The molecular formula is C24H27F3N4O2. The first-order valence-corrected chi connectivity index (χ1v) is 11.5. The van der Waals surface area contributed by atoms with Crippen molar-refractivity contribution in [2.24, 2.45) is 0 Å². The highest BCUT2D eigenvalue weighted by Crippen LogP contribution is 2.41. The monoisotopic (exact) mass is 460 g/mol. The Balaban J connectivity index is 1.37. The summed E-state index contributed by atoms with van der Waals surface area (Å²) in [5.41, 5.74) is 2.08. The third kappa shape index (κ3) is 4.02. The van der Waals surface area contributed by atoms with Gasteiger partial charge < -0.3 is 14.0 Å². The summed E-state index contributed by atoms with van der Waals surface area (Å²) in [5, 5.41) is 3.92. The van der Waals surface area contributed by atoms with Gasteiger partial charge in [0, 0.05) is 30.6 Å². The van der Waals surface area contributed by atoms with E-state index in [9.17, 15) is 18.0 Å². The summed E-state index contributed by atoms with van der Waals surface area (Å²) in [4.78, 5) is 19.4. The number of carbonyl (C=O) groups excluding carboxylic acids is 1. The van der Waals surface area contributed by atoms with Crippen molar-refractivity contribution in [1.82, 2.24) is 19.6 Å². The van der Waals surface area contributed by atoms with E-state index >= 15 is 0 Å². The lowest BCUT2D eigenvalue weighted by molar-refractivity contribution is -0.137. The molecule has 1 saturated heterocycles. The number of alkyl halides is 3. The summed E-state index contributed by atoms with van der Waals surface area (Å²) in [5.74, 6) is 1.92. The molecule has 6 nitrogen and oxygen atoms in total. The number of nitrogens with zero attached hydrogens (tertiary/aromatic N) is 4. The number of imidazole rings is 1. The van der Waals surface area contributed by atoms with Crippen molar-refractivity contribution >= 4 is 16.9 Å². The van der Waals surface area contributed by atoms with E-state index in [0.717, 1.165) is 66.8 Å². The zero-order valence-electron chi connectivity index (χ0n) is 18.8. The Kier molecular flexibility index (Phi) is 5.45. The van der Waals surface area contributed by atoms with Gasteiger partial charge in [-0.15, -0.1) is 0 Å². The lowest BCUT2D eigenvalue weighted by Crippen LogP contribution is -2.40. The quantitative estimate of drug-likeness (QED) is 0.528. The summed E-state index contributed by atoms with van der Waals surface area (Å²) < 4.78 is 47.0. The highest BCUT2D eigenvalue weighted by atomic mass is 19.4. The van der Waals surface area contributed by atoms with Gasteiger partial charge in [-0.1, -0.05) is 11.6 Å². The number of rotatable bonds is 4. The van der Waals surface area contributed by atoms with Crippen molar-refractivity contribution in [3.05, 3.63) is 46.6 Å². The Hall–Kier alpha value is -2.84. The predicted molar refractivity (Wildman–Crippen MR) is 116 cm³/mol. The van der Waals surface area contributed by atoms with Crippen molar-refractivity contribution in [2.75, 3.05) is 13.1 Å². The van der Waals surface area contributed by atoms with Crippen LogP contribution in [0, 0.1) is 13.8 Å². The number of amides is 1.